The largest absolute Gasteiger partial charge is 0.317 e. The molecule has 0 spiro atoms. The van der Waals surface area contributed by atoms with Gasteiger partial charge < -0.3 is 5.32 Å². The van der Waals surface area contributed by atoms with Crippen molar-refractivity contribution < 1.29 is 4.84 Å². The predicted octanol–water partition coefficient (Wildman–Crippen LogP) is 1.45. The summed E-state index contributed by atoms with van der Waals surface area (Å²) in [6.07, 6.45) is 3.62. The molecule has 0 bridgehead atoms. The maximum Gasteiger partial charge on any atom is 0.0813 e. The minimum atomic E-state index is -0.0836. The molecule has 1 atom stereocenters. The minimum Gasteiger partial charge on any atom is -0.317 e. The Hall–Kier alpha value is -0.120. The van der Waals surface area contributed by atoms with Crippen LogP contribution in [0.1, 0.15) is 40.0 Å². The average molecular weight is 186 g/mol. The Balaban J connectivity index is 2.19. The van der Waals surface area contributed by atoms with Crippen LogP contribution < -0.4 is 10.8 Å². The second-order valence-electron chi connectivity index (χ2n) is 4.71. The molecule has 0 amide bonds. The van der Waals surface area contributed by atoms with E-state index in [0.29, 0.717) is 6.04 Å². The molecule has 1 aliphatic heterocycles. The molecule has 0 aliphatic carbocycles. The van der Waals surface area contributed by atoms with E-state index in [1.54, 1.807) is 0 Å². The van der Waals surface area contributed by atoms with E-state index in [4.69, 9.17) is 4.84 Å². The normalized spacial score (nSPS) is 25.6. The zero-order valence-electron chi connectivity index (χ0n) is 9.02. The van der Waals surface area contributed by atoms with Crippen LogP contribution in [0.4, 0.5) is 0 Å². The van der Waals surface area contributed by atoms with Gasteiger partial charge in [-0.1, -0.05) is 0 Å². The van der Waals surface area contributed by atoms with E-state index in [1.807, 2.05) is 0 Å². The Labute approximate surface area is 81.2 Å². The van der Waals surface area contributed by atoms with Crippen molar-refractivity contribution in [1.29, 1.82) is 0 Å². The molecule has 78 valence electrons. The van der Waals surface area contributed by atoms with Crippen molar-refractivity contribution in [3.63, 3.8) is 0 Å². The highest BCUT2D eigenvalue weighted by molar-refractivity contribution is 4.70. The third kappa shape index (κ3) is 5.24. The van der Waals surface area contributed by atoms with E-state index in [2.05, 4.69) is 31.6 Å². The van der Waals surface area contributed by atoms with Crippen molar-refractivity contribution in [2.75, 3.05) is 13.1 Å². The van der Waals surface area contributed by atoms with E-state index in [1.165, 1.54) is 12.8 Å². The molecule has 1 aliphatic rings. The third-order valence-corrected chi connectivity index (χ3v) is 2.11. The van der Waals surface area contributed by atoms with Gasteiger partial charge in [-0.3, -0.25) is 4.84 Å². The fraction of sp³-hybridized carbons (Fsp3) is 1.00. The molecular weight excluding hydrogens is 164 g/mol. The van der Waals surface area contributed by atoms with Crippen LogP contribution >= 0.6 is 0 Å². The number of hydrogen-bond donors (Lipinski definition) is 2. The van der Waals surface area contributed by atoms with Gasteiger partial charge in [0.15, 0.2) is 0 Å². The van der Waals surface area contributed by atoms with Gasteiger partial charge in [0, 0.05) is 6.04 Å². The zero-order valence-corrected chi connectivity index (χ0v) is 9.02. The molecule has 3 nitrogen and oxygen atoms in total. The summed E-state index contributed by atoms with van der Waals surface area (Å²) in [6.45, 7) is 8.44. The molecule has 13 heavy (non-hydrogen) atoms. The molecule has 0 aromatic carbocycles. The molecule has 1 rings (SSSR count). The fourth-order valence-corrected chi connectivity index (χ4v) is 1.40. The van der Waals surface area contributed by atoms with Gasteiger partial charge >= 0.3 is 0 Å². The zero-order chi connectivity index (χ0) is 9.73. The van der Waals surface area contributed by atoms with Crippen molar-refractivity contribution in [2.45, 2.75) is 51.7 Å². The second kappa shape index (κ2) is 4.94. The fourth-order valence-electron chi connectivity index (χ4n) is 1.40. The van der Waals surface area contributed by atoms with Gasteiger partial charge in [-0.15, -0.1) is 0 Å². The molecule has 3 heteroatoms. The molecule has 1 unspecified atom stereocenters. The molecule has 1 heterocycles. The first-order valence-corrected chi connectivity index (χ1v) is 5.22. The lowest BCUT2D eigenvalue weighted by Crippen LogP contribution is -2.37. The van der Waals surface area contributed by atoms with E-state index < -0.39 is 0 Å². The highest BCUT2D eigenvalue weighted by Gasteiger charge is 2.16. The Morgan fingerprint density at radius 2 is 2.00 bits per heavy atom. The lowest BCUT2D eigenvalue weighted by molar-refractivity contribution is -0.0896. The summed E-state index contributed by atoms with van der Waals surface area (Å²) in [4.78, 5) is 5.55. The first-order chi connectivity index (χ1) is 6.08. The summed E-state index contributed by atoms with van der Waals surface area (Å²) in [6, 6.07) is 0.522. The molecule has 2 N–H and O–H groups in total. The van der Waals surface area contributed by atoms with Gasteiger partial charge in [-0.05, 0) is 53.1 Å². The van der Waals surface area contributed by atoms with Crippen LogP contribution in [0.2, 0.25) is 0 Å². The molecule has 1 fully saturated rings. The van der Waals surface area contributed by atoms with Crippen molar-refractivity contribution >= 4 is 0 Å². The van der Waals surface area contributed by atoms with Gasteiger partial charge in [0.05, 0.1) is 5.60 Å². The number of rotatable bonds is 2. The highest BCUT2D eigenvalue weighted by atomic mass is 16.7. The average Bonchev–Trinajstić information content (AvgIpc) is 2.26. The van der Waals surface area contributed by atoms with Crippen LogP contribution in [-0.4, -0.2) is 24.7 Å². The topological polar surface area (TPSA) is 33.3 Å². The smallest absolute Gasteiger partial charge is 0.0813 e. The lowest BCUT2D eigenvalue weighted by atomic mass is 10.1. The first-order valence-electron chi connectivity index (χ1n) is 5.22. The van der Waals surface area contributed by atoms with Crippen LogP contribution in [-0.2, 0) is 4.84 Å². The number of hydrogen-bond acceptors (Lipinski definition) is 3. The summed E-state index contributed by atoms with van der Waals surface area (Å²) in [5.41, 5.74) is 3.08. The highest BCUT2D eigenvalue weighted by Crippen LogP contribution is 2.09. The van der Waals surface area contributed by atoms with Crippen LogP contribution in [0.3, 0.4) is 0 Å². The molecule has 0 aromatic heterocycles. The summed E-state index contributed by atoms with van der Waals surface area (Å²) in [7, 11) is 0. The lowest BCUT2D eigenvalue weighted by Gasteiger charge is -2.24. The Kier molecular flexibility index (Phi) is 4.16. The van der Waals surface area contributed by atoms with Crippen molar-refractivity contribution in [3.05, 3.63) is 0 Å². The molecular formula is C10H22N2O. The van der Waals surface area contributed by atoms with Crippen molar-refractivity contribution in [2.24, 2.45) is 0 Å². The van der Waals surface area contributed by atoms with Gasteiger partial charge in [0.2, 0.25) is 0 Å². The van der Waals surface area contributed by atoms with E-state index in [0.717, 1.165) is 19.5 Å². The Morgan fingerprint density at radius 3 is 2.69 bits per heavy atom. The van der Waals surface area contributed by atoms with Crippen molar-refractivity contribution in [3.8, 4) is 0 Å². The minimum absolute atomic E-state index is 0.0836. The molecule has 0 aromatic rings. The van der Waals surface area contributed by atoms with Crippen LogP contribution in [0.5, 0.6) is 0 Å². The van der Waals surface area contributed by atoms with E-state index in [9.17, 15) is 0 Å². The third-order valence-electron chi connectivity index (χ3n) is 2.11. The van der Waals surface area contributed by atoms with Gasteiger partial charge in [0.25, 0.3) is 0 Å². The summed E-state index contributed by atoms with van der Waals surface area (Å²) >= 11 is 0. The summed E-state index contributed by atoms with van der Waals surface area (Å²) in [5, 5.41) is 3.38. The van der Waals surface area contributed by atoms with Gasteiger partial charge in [-0.25, -0.2) is 0 Å². The molecule has 0 radical (unpaired) electrons. The molecule has 0 saturated carbocycles. The first kappa shape index (κ1) is 11.0. The standard InChI is InChI=1S/C10H22N2O/c1-10(2,3)13-12-9-5-4-7-11-8-6-9/h9,11-12H,4-8H2,1-3H3. The van der Waals surface area contributed by atoms with E-state index >= 15 is 0 Å². The van der Waals surface area contributed by atoms with Gasteiger partial charge in [0.1, 0.15) is 0 Å². The van der Waals surface area contributed by atoms with Crippen molar-refractivity contribution in [1.82, 2.24) is 10.8 Å². The Morgan fingerprint density at radius 1 is 1.23 bits per heavy atom. The maximum absolute atomic E-state index is 5.55. The van der Waals surface area contributed by atoms with Crippen LogP contribution in [0.15, 0.2) is 0 Å². The molecule has 1 saturated heterocycles. The summed E-state index contributed by atoms with van der Waals surface area (Å²) < 4.78 is 0. The number of hydroxylamine groups is 1. The second-order valence-corrected chi connectivity index (χ2v) is 4.71. The Bertz CT molecular complexity index is 134. The van der Waals surface area contributed by atoms with Gasteiger partial charge in [-0.2, -0.15) is 5.48 Å². The van der Waals surface area contributed by atoms with Crippen LogP contribution in [0, 0.1) is 0 Å². The van der Waals surface area contributed by atoms with E-state index in [-0.39, 0.29) is 5.60 Å². The SMILES string of the molecule is CC(C)(C)ONC1CCCNCC1. The quantitative estimate of drug-likeness (QED) is 0.640. The monoisotopic (exact) mass is 186 g/mol. The number of nitrogens with one attached hydrogen (secondary N) is 2. The van der Waals surface area contributed by atoms with Crippen LogP contribution in [0.25, 0.3) is 0 Å². The predicted molar refractivity (Wildman–Crippen MR) is 54.5 cm³/mol. The summed E-state index contributed by atoms with van der Waals surface area (Å²) in [5.74, 6) is 0. The maximum atomic E-state index is 5.55.